The van der Waals surface area contributed by atoms with Gasteiger partial charge in [0.25, 0.3) is 0 Å². The molecule has 0 atom stereocenters. The molecule has 28 heavy (non-hydrogen) atoms. The highest BCUT2D eigenvalue weighted by atomic mass is 28.5. The van der Waals surface area contributed by atoms with Crippen molar-refractivity contribution >= 4 is 35.8 Å². The topological polar surface area (TPSA) is 27.7 Å². The van der Waals surface area contributed by atoms with Crippen LogP contribution >= 0.6 is 0 Å². The van der Waals surface area contributed by atoms with Crippen molar-refractivity contribution in [2.24, 2.45) is 0 Å². The van der Waals surface area contributed by atoms with Gasteiger partial charge in [-0.15, -0.1) is 0 Å². The predicted octanol–water partition coefficient (Wildman–Crippen LogP) is 5.02. The summed E-state index contributed by atoms with van der Waals surface area (Å²) in [7, 11) is -7.15. The lowest BCUT2D eigenvalue weighted by atomic mass is 10.4. The SMILES string of the molecule is CC[Si](CC)(O[Si](C)(C)C)O[Si](OC(C)C)(c1ccccc1)c1ccccc1. The monoisotopic (exact) mass is 432 g/mol. The van der Waals surface area contributed by atoms with E-state index in [4.69, 9.17) is 12.7 Å². The first-order valence-corrected chi connectivity index (χ1v) is 17.8. The molecule has 0 aliphatic heterocycles. The summed E-state index contributed by atoms with van der Waals surface area (Å²) in [4.78, 5) is 0. The molecule has 2 aromatic carbocycles. The van der Waals surface area contributed by atoms with E-state index in [0.29, 0.717) is 0 Å². The zero-order valence-corrected chi connectivity index (χ0v) is 21.5. The fourth-order valence-corrected chi connectivity index (χ4v) is 17.0. The number of hydrogen-bond acceptors (Lipinski definition) is 3. The Morgan fingerprint density at radius 1 is 0.714 bits per heavy atom. The van der Waals surface area contributed by atoms with Crippen molar-refractivity contribution < 1.29 is 12.7 Å². The minimum absolute atomic E-state index is 0.0550. The van der Waals surface area contributed by atoms with Gasteiger partial charge in [-0.2, -0.15) is 0 Å². The zero-order chi connectivity index (χ0) is 20.8. The van der Waals surface area contributed by atoms with Gasteiger partial charge in [-0.05, 0) is 56.0 Å². The van der Waals surface area contributed by atoms with E-state index in [2.05, 4.69) is 95.9 Å². The lowest BCUT2D eigenvalue weighted by Gasteiger charge is -2.43. The van der Waals surface area contributed by atoms with Crippen molar-refractivity contribution in [3.8, 4) is 0 Å². The lowest BCUT2D eigenvalue weighted by molar-refractivity contribution is 0.186. The normalized spacial score (nSPS) is 13.1. The fourth-order valence-electron chi connectivity index (χ4n) is 3.47. The van der Waals surface area contributed by atoms with Gasteiger partial charge in [-0.1, -0.05) is 74.5 Å². The van der Waals surface area contributed by atoms with Crippen LogP contribution in [0.1, 0.15) is 27.7 Å². The number of benzene rings is 2. The molecule has 2 aromatic rings. The van der Waals surface area contributed by atoms with Crippen LogP contribution in [0.25, 0.3) is 0 Å². The molecule has 0 N–H and O–H groups in total. The van der Waals surface area contributed by atoms with E-state index in [1.54, 1.807) is 0 Å². The van der Waals surface area contributed by atoms with Gasteiger partial charge in [0.1, 0.15) is 0 Å². The van der Waals surface area contributed by atoms with E-state index in [1.165, 1.54) is 0 Å². The van der Waals surface area contributed by atoms with Crippen molar-refractivity contribution in [1.29, 1.82) is 0 Å². The maximum atomic E-state index is 7.25. The Kier molecular flexibility index (Phi) is 8.01. The highest BCUT2D eigenvalue weighted by Gasteiger charge is 2.52. The fraction of sp³-hybridized carbons (Fsp3) is 0.455. The summed E-state index contributed by atoms with van der Waals surface area (Å²) in [6.45, 7) is 15.4. The largest absolute Gasteiger partial charge is 0.436 e. The van der Waals surface area contributed by atoms with Crippen LogP contribution in [0.5, 0.6) is 0 Å². The molecule has 0 aliphatic carbocycles. The lowest BCUT2D eigenvalue weighted by Crippen LogP contribution is -2.70. The van der Waals surface area contributed by atoms with Crippen LogP contribution in [-0.2, 0) is 12.7 Å². The van der Waals surface area contributed by atoms with Crippen LogP contribution < -0.4 is 10.4 Å². The molecule has 0 saturated heterocycles. The van der Waals surface area contributed by atoms with Gasteiger partial charge >= 0.3 is 17.1 Å². The first kappa shape index (κ1) is 23.3. The van der Waals surface area contributed by atoms with Crippen LogP contribution in [0, 0.1) is 0 Å². The quantitative estimate of drug-likeness (QED) is 0.493. The second-order valence-electron chi connectivity index (χ2n) is 8.45. The molecule has 0 aromatic heterocycles. The van der Waals surface area contributed by atoms with Crippen LogP contribution in [0.3, 0.4) is 0 Å². The first-order valence-electron chi connectivity index (χ1n) is 10.4. The van der Waals surface area contributed by atoms with Gasteiger partial charge in [0.05, 0.1) is 0 Å². The van der Waals surface area contributed by atoms with E-state index in [1.807, 2.05) is 12.1 Å². The Balaban J connectivity index is 2.68. The molecule has 0 fully saturated rings. The molecular formula is C22H36O3Si3. The Labute approximate surface area is 174 Å². The van der Waals surface area contributed by atoms with Gasteiger partial charge in [-0.25, -0.2) is 0 Å². The Bertz CT molecular complexity index is 671. The zero-order valence-electron chi connectivity index (χ0n) is 18.5. The smallest absolute Gasteiger partial charge is 0.398 e. The van der Waals surface area contributed by atoms with Crippen LogP contribution in [-0.4, -0.2) is 31.5 Å². The molecule has 6 heteroatoms. The average Bonchev–Trinajstić information content (AvgIpc) is 2.66. The van der Waals surface area contributed by atoms with Crippen molar-refractivity contribution in [3.63, 3.8) is 0 Å². The summed E-state index contributed by atoms with van der Waals surface area (Å²) in [5, 5.41) is 2.29. The maximum absolute atomic E-state index is 7.25. The Morgan fingerprint density at radius 3 is 1.46 bits per heavy atom. The summed E-state index contributed by atoms with van der Waals surface area (Å²) in [6, 6.07) is 22.9. The van der Waals surface area contributed by atoms with Gasteiger partial charge in [0, 0.05) is 6.10 Å². The Morgan fingerprint density at radius 2 is 1.14 bits per heavy atom. The van der Waals surface area contributed by atoms with Gasteiger partial charge in [0.2, 0.25) is 0 Å². The van der Waals surface area contributed by atoms with E-state index < -0.39 is 25.4 Å². The van der Waals surface area contributed by atoms with Crippen molar-refractivity contribution in [3.05, 3.63) is 60.7 Å². The summed E-state index contributed by atoms with van der Waals surface area (Å²) < 4.78 is 20.8. The van der Waals surface area contributed by atoms with E-state index >= 15 is 0 Å². The number of hydrogen-bond donors (Lipinski definition) is 0. The molecule has 3 nitrogen and oxygen atoms in total. The third-order valence-electron chi connectivity index (χ3n) is 4.61. The highest BCUT2D eigenvalue weighted by molar-refractivity contribution is 6.99. The summed E-state index contributed by atoms with van der Waals surface area (Å²) in [5.41, 5.74) is 0. The second-order valence-corrected chi connectivity index (χ2v) is 20.2. The summed E-state index contributed by atoms with van der Waals surface area (Å²) >= 11 is 0. The molecule has 0 heterocycles. The van der Waals surface area contributed by atoms with E-state index in [0.717, 1.165) is 22.5 Å². The van der Waals surface area contributed by atoms with Crippen LogP contribution in [0.2, 0.25) is 31.7 Å². The van der Waals surface area contributed by atoms with Crippen molar-refractivity contribution in [1.82, 2.24) is 0 Å². The van der Waals surface area contributed by atoms with E-state index in [9.17, 15) is 0 Å². The van der Waals surface area contributed by atoms with Crippen LogP contribution in [0.4, 0.5) is 0 Å². The summed E-state index contributed by atoms with van der Waals surface area (Å²) in [6.07, 6.45) is 0.0550. The van der Waals surface area contributed by atoms with Crippen molar-refractivity contribution in [2.75, 3.05) is 0 Å². The molecule has 154 valence electrons. The highest BCUT2D eigenvalue weighted by Crippen LogP contribution is 2.28. The summed E-state index contributed by atoms with van der Waals surface area (Å²) in [5.74, 6) is 0. The molecule has 0 saturated carbocycles. The molecular weight excluding hydrogens is 396 g/mol. The molecule has 0 amide bonds. The predicted molar refractivity (Wildman–Crippen MR) is 126 cm³/mol. The van der Waals surface area contributed by atoms with Gasteiger partial charge in [0.15, 0.2) is 8.32 Å². The third-order valence-corrected chi connectivity index (χ3v) is 16.3. The Hall–Kier alpha value is -1.03. The van der Waals surface area contributed by atoms with Gasteiger partial charge in [-0.3, -0.25) is 0 Å². The van der Waals surface area contributed by atoms with E-state index in [-0.39, 0.29) is 6.10 Å². The maximum Gasteiger partial charge on any atom is 0.398 e. The van der Waals surface area contributed by atoms with Gasteiger partial charge < -0.3 is 12.7 Å². The molecule has 0 radical (unpaired) electrons. The molecule has 0 spiro atoms. The standard InChI is InChI=1S/C22H36O3Si3/c1-8-27(9-2,24-26(5,6)7)25-28(23-20(3)4,21-16-12-10-13-17-21)22-18-14-11-15-19-22/h10-20H,8-9H2,1-7H3. The first-order chi connectivity index (χ1) is 13.2. The average molecular weight is 433 g/mol. The minimum atomic E-state index is -2.93. The third kappa shape index (κ3) is 5.75. The minimum Gasteiger partial charge on any atom is -0.436 e. The number of rotatable bonds is 10. The molecule has 2 rings (SSSR count). The molecule has 0 bridgehead atoms. The van der Waals surface area contributed by atoms with Crippen LogP contribution in [0.15, 0.2) is 60.7 Å². The molecule has 0 unspecified atom stereocenters. The van der Waals surface area contributed by atoms with Crippen molar-refractivity contribution in [2.45, 2.75) is 65.5 Å². The molecule has 0 aliphatic rings. The second kappa shape index (κ2) is 9.65.